The summed E-state index contributed by atoms with van der Waals surface area (Å²) in [5, 5.41) is 10.4. The van der Waals surface area contributed by atoms with Crippen LogP contribution in [0.3, 0.4) is 0 Å². The zero-order valence-corrected chi connectivity index (χ0v) is 34.3. The van der Waals surface area contributed by atoms with E-state index >= 15 is 0 Å². The molecule has 0 aliphatic carbocycles. The molecule has 0 aromatic carbocycles. The Morgan fingerprint density at radius 1 is 0.784 bits per heavy atom. The molecule has 3 aliphatic heterocycles. The van der Waals surface area contributed by atoms with Gasteiger partial charge in [-0.1, -0.05) is 13.8 Å². The van der Waals surface area contributed by atoms with E-state index < -0.39 is 119 Å². The summed E-state index contributed by atoms with van der Waals surface area (Å²) >= 11 is 5.34. The number of phosphoric acid groups is 2. The molecule has 3 rings (SSSR count). The lowest BCUT2D eigenvalue weighted by atomic mass is 9.74. The minimum Gasteiger partial charge on any atom is -0.389 e. The van der Waals surface area contributed by atoms with Crippen LogP contribution in [0.5, 0.6) is 0 Å². The second kappa shape index (κ2) is 17.9. The van der Waals surface area contributed by atoms with Gasteiger partial charge in [0.1, 0.15) is 29.6 Å². The molecule has 18 nitrogen and oxygen atoms in total. The summed E-state index contributed by atoms with van der Waals surface area (Å²) in [6, 6.07) is -3.36. The van der Waals surface area contributed by atoms with E-state index in [2.05, 4.69) is 4.52 Å². The third kappa shape index (κ3) is 11.4. The Hall–Kier alpha value is 0.665. The molecule has 0 saturated carbocycles. The maximum Gasteiger partial charge on any atom is 0.472 e. The normalized spacial score (nSPS) is 40.9. The molecule has 3 heterocycles. The topological polar surface area (TPSA) is 276 Å². The molecule has 0 aromatic rings. The summed E-state index contributed by atoms with van der Waals surface area (Å²) in [4.78, 5) is 32.0. The van der Waals surface area contributed by atoms with E-state index in [0.717, 1.165) is 7.11 Å². The van der Waals surface area contributed by atoms with Crippen molar-refractivity contribution >= 4 is 57.7 Å². The van der Waals surface area contributed by atoms with E-state index in [0.29, 0.717) is 0 Å². The van der Waals surface area contributed by atoms with E-state index in [9.17, 15) is 28.9 Å². The minimum absolute atomic E-state index is 0.109. The van der Waals surface area contributed by atoms with Crippen LogP contribution in [0.15, 0.2) is 0 Å². The Bertz CT molecular complexity index is 1320. The fourth-order valence-corrected chi connectivity index (χ4v) is 11.0. The number of phosphoric ester groups is 2. The Morgan fingerprint density at radius 2 is 1.24 bits per heavy atom. The van der Waals surface area contributed by atoms with Gasteiger partial charge in [0.05, 0.1) is 54.9 Å². The predicted octanol–water partition coefficient (Wildman–Crippen LogP) is -2.10. The van der Waals surface area contributed by atoms with Crippen LogP contribution in [-0.4, -0.2) is 142 Å². The Labute approximate surface area is 308 Å². The van der Waals surface area contributed by atoms with Crippen LogP contribution in [-0.2, 0) is 62.3 Å². The van der Waals surface area contributed by atoms with Crippen LogP contribution in [0.1, 0.15) is 53.9 Å². The predicted molar refractivity (Wildman–Crippen MR) is 198 cm³/mol. The minimum atomic E-state index is -4.83. The monoisotopic (exact) mass is 809 g/mol. The third-order valence-corrected chi connectivity index (χ3v) is 14.4. The van der Waals surface area contributed by atoms with Crippen molar-refractivity contribution in [3.63, 3.8) is 0 Å². The van der Waals surface area contributed by atoms with Gasteiger partial charge < -0.3 is 60.2 Å². The molecule has 3 fully saturated rings. The summed E-state index contributed by atoms with van der Waals surface area (Å²) in [6.07, 6.45) is -3.61. The maximum absolute atomic E-state index is 13.6. The highest BCUT2D eigenvalue weighted by Gasteiger charge is 2.55. The van der Waals surface area contributed by atoms with Crippen molar-refractivity contribution in [3.05, 3.63) is 0 Å². The smallest absolute Gasteiger partial charge is 0.389 e. The average Bonchev–Trinajstić information content (AvgIpc) is 3.58. The molecule has 18 unspecified atom stereocenters. The van der Waals surface area contributed by atoms with Crippen molar-refractivity contribution in [2.75, 3.05) is 20.3 Å². The number of aliphatic hydroxyl groups is 1. The van der Waals surface area contributed by atoms with Crippen molar-refractivity contribution in [2.45, 2.75) is 132 Å². The van der Waals surface area contributed by atoms with Crippen LogP contribution < -0.4 is 17.2 Å². The summed E-state index contributed by atoms with van der Waals surface area (Å²) < 4.78 is 76.2. The fourth-order valence-electron chi connectivity index (χ4n) is 7.32. The Morgan fingerprint density at radius 3 is 1.73 bits per heavy atom. The highest BCUT2D eigenvalue weighted by molar-refractivity contribution is 8.07. The standard InChI is InChI=1S/C26H57B3N3O15P3S/c1-7-25(4,16-13(42-22(27)18(16)30)9-12(3)45-48(34,35)39-6)46-49(36,37)40-10-14-17(19(31)23(28)43-14)26(5,8-2)47-50(38,51)41-11-15-21(33)20(32)24(29)44-15/h12-24,33H,7-11,27-32H2,1-6H3,(H,34,35)(H,36,37)(H,38,51). The first kappa shape index (κ1) is 46.0. The number of hydrogen-bond donors (Lipinski definition) is 7. The lowest BCUT2D eigenvalue weighted by Crippen LogP contribution is -2.51. The first-order valence-electron chi connectivity index (χ1n) is 17.2. The molecule has 296 valence electrons. The number of ether oxygens (including phenoxy) is 3. The van der Waals surface area contributed by atoms with E-state index in [4.69, 9.17) is 65.8 Å². The summed E-state index contributed by atoms with van der Waals surface area (Å²) in [5.74, 6) is -1.36. The van der Waals surface area contributed by atoms with Gasteiger partial charge in [-0.2, -0.15) is 0 Å². The van der Waals surface area contributed by atoms with Gasteiger partial charge in [0, 0.05) is 55.5 Å². The van der Waals surface area contributed by atoms with Crippen LogP contribution in [0.4, 0.5) is 0 Å². The van der Waals surface area contributed by atoms with Crippen molar-refractivity contribution < 1.29 is 70.3 Å². The van der Waals surface area contributed by atoms with Gasteiger partial charge in [-0.15, -0.1) is 0 Å². The largest absolute Gasteiger partial charge is 0.472 e. The molecule has 0 amide bonds. The first-order valence-corrected chi connectivity index (χ1v) is 22.8. The number of hydrogen-bond acceptors (Lipinski definition) is 16. The molecule has 3 aliphatic rings. The Balaban J connectivity index is 1.74. The van der Waals surface area contributed by atoms with Crippen molar-refractivity contribution in [2.24, 2.45) is 29.0 Å². The Kier molecular flexibility index (Phi) is 16.1. The first-order chi connectivity index (χ1) is 23.3. The molecule has 25 heteroatoms. The molecule has 18 atom stereocenters. The van der Waals surface area contributed by atoms with E-state index in [1.54, 1.807) is 58.2 Å². The van der Waals surface area contributed by atoms with Gasteiger partial charge in [-0.05, 0) is 45.4 Å². The SMILES string of the molecule is BC1OC(COP(O)(=S)OC(C)(CC)C2C(COP(=O)(O)OC(C)(CC)C3C(CC(C)OP(=O)(O)OC)OC(B)C3N)OC(B)C2N)C(O)C1N. The molecule has 0 radical (unpaired) electrons. The van der Waals surface area contributed by atoms with Crippen molar-refractivity contribution in [1.29, 1.82) is 0 Å². The summed E-state index contributed by atoms with van der Waals surface area (Å²) in [5.41, 5.74) is 16.4. The second-order valence-electron chi connectivity index (χ2n) is 14.3. The quantitative estimate of drug-likeness (QED) is 0.0544. The fraction of sp³-hybridized carbons (Fsp3) is 1.00. The molecule has 10 N–H and O–H groups in total. The molecule has 3 saturated heterocycles. The van der Waals surface area contributed by atoms with Gasteiger partial charge in [0.15, 0.2) is 0 Å². The van der Waals surface area contributed by atoms with Crippen molar-refractivity contribution in [1.82, 2.24) is 0 Å². The average molecular weight is 809 g/mol. The molecule has 0 aromatic heterocycles. The van der Waals surface area contributed by atoms with E-state index in [1.165, 1.54) is 0 Å². The summed E-state index contributed by atoms with van der Waals surface area (Å²) in [6.45, 7) is 3.78. The second-order valence-corrected chi connectivity index (χ2v) is 19.9. The third-order valence-electron chi connectivity index (χ3n) is 10.6. The lowest BCUT2D eigenvalue weighted by Gasteiger charge is -2.41. The van der Waals surface area contributed by atoms with Crippen molar-refractivity contribution in [3.8, 4) is 0 Å². The number of aliphatic hydroxyl groups excluding tert-OH is 1. The van der Waals surface area contributed by atoms with Crippen LogP contribution in [0.2, 0.25) is 0 Å². The van der Waals surface area contributed by atoms with Gasteiger partial charge in [-0.3, -0.25) is 18.1 Å². The van der Waals surface area contributed by atoms with Gasteiger partial charge in [0.2, 0.25) is 0 Å². The molecular weight excluding hydrogens is 752 g/mol. The van der Waals surface area contributed by atoms with E-state index in [1.807, 2.05) is 0 Å². The van der Waals surface area contributed by atoms with Gasteiger partial charge in [0.25, 0.3) is 0 Å². The number of rotatable bonds is 19. The molecule has 0 spiro atoms. The highest BCUT2D eigenvalue weighted by Crippen LogP contribution is 2.56. The molecule has 51 heavy (non-hydrogen) atoms. The summed E-state index contributed by atoms with van der Waals surface area (Å²) in [7, 11) is -2.86. The highest BCUT2D eigenvalue weighted by atomic mass is 32.5. The maximum atomic E-state index is 13.6. The van der Waals surface area contributed by atoms with Gasteiger partial charge >= 0.3 is 22.4 Å². The van der Waals surface area contributed by atoms with Gasteiger partial charge in [-0.25, -0.2) is 9.13 Å². The van der Waals surface area contributed by atoms with Crippen LogP contribution in [0.25, 0.3) is 0 Å². The van der Waals surface area contributed by atoms with Crippen LogP contribution >= 0.6 is 22.4 Å². The number of nitrogens with two attached hydrogens (primary N) is 3. The molecule has 0 bridgehead atoms. The van der Waals surface area contributed by atoms with E-state index in [-0.39, 0.29) is 25.9 Å². The van der Waals surface area contributed by atoms with Crippen LogP contribution in [0, 0.1) is 11.8 Å². The zero-order chi connectivity index (χ0) is 38.9. The molecular formula is C26H57B3N3O15P3S. The lowest BCUT2D eigenvalue weighted by molar-refractivity contribution is -0.0724. The zero-order valence-electron chi connectivity index (χ0n) is 30.8.